The van der Waals surface area contributed by atoms with Crippen LogP contribution in [-0.4, -0.2) is 36.2 Å². The first-order valence-corrected chi connectivity index (χ1v) is 8.50. The summed E-state index contributed by atoms with van der Waals surface area (Å²) < 4.78 is 11.3. The Labute approximate surface area is 155 Å². The highest BCUT2D eigenvalue weighted by Gasteiger charge is 2.32. The number of amides is 1. The van der Waals surface area contributed by atoms with E-state index in [2.05, 4.69) is 4.98 Å². The fourth-order valence-corrected chi connectivity index (χ4v) is 3.04. The van der Waals surface area contributed by atoms with Gasteiger partial charge in [-0.05, 0) is 36.4 Å². The van der Waals surface area contributed by atoms with Crippen molar-refractivity contribution in [3.63, 3.8) is 0 Å². The molecule has 1 amide bonds. The van der Waals surface area contributed by atoms with Gasteiger partial charge in [0.25, 0.3) is 0 Å². The lowest BCUT2D eigenvalue weighted by atomic mass is 10.1. The summed E-state index contributed by atoms with van der Waals surface area (Å²) in [5.41, 5.74) is 6.76. The predicted octanol–water partition coefficient (Wildman–Crippen LogP) is 2.92. The number of amidine groups is 1. The summed E-state index contributed by atoms with van der Waals surface area (Å²) in [5.74, 6) is 0.720. The fourth-order valence-electron chi connectivity index (χ4n) is 3.04. The topological polar surface area (TPSA) is 102 Å². The molecule has 1 aromatic heterocycles. The van der Waals surface area contributed by atoms with E-state index in [1.165, 1.54) is 0 Å². The molecule has 3 aromatic rings. The lowest BCUT2D eigenvalue weighted by Gasteiger charge is -2.14. The minimum Gasteiger partial charge on any atom is -0.489 e. The SMILES string of the molecule is N=C(N)c1ccc(N2CC(COc3cccc4cnccc34)OC2=O)cc1. The van der Waals surface area contributed by atoms with Crippen LogP contribution in [-0.2, 0) is 4.74 Å². The lowest BCUT2D eigenvalue weighted by Crippen LogP contribution is -2.26. The highest BCUT2D eigenvalue weighted by atomic mass is 16.6. The number of nitrogen functional groups attached to an aromatic ring is 1. The summed E-state index contributed by atoms with van der Waals surface area (Å²) in [6.07, 6.45) is 2.71. The molecule has 0 spiro atoms. The Kier molecular flexibility index (Phi) is 4.33. The molecule has 3 N–H and O–H groups in total. The second kappa shape index (κ2) is 6.95. The molecule has 0 radical (unpaired) electrons. The third kappa shape index (κ3) is 3.39. The van der Waals surface area contributed by atoms with Gasteiger partial charge in [0.2, 0.25) is 0 Å². The number of ether oxygens (including phenoxy) is 2. The van der Waals surface area contributed by atoms with Crippen LogP contribution in [0.1, 0.15) is 5.56 Å². The molecule has 1 saturated heterocycles. The van der Waals surface area contributed by atoms with Crippen molar-refractivity contribution in [3.8, 4) is 5.75 Å². The first-order valence-electron chi connectivity index (χ1n) is 8.50. The molecule has 1 fully saturated rings. The number of nitrogens with one attached hydrogen (secondary N) is 1. The van der Waals surface area contributed by atoms with Gasteiger partial charge < -0.3 is 15.2 Å². The average Bonchev–Trinajstić information content (AvgIpc) is 3.07. The number of anilines is 1. The Morgan fingerprint density at radius 1 is 1.26 bits per heavy atom. The van der Waals surface area contributed by atoms with Gasteiger partial charge in [-0.1, -0.05) is 12.1 Å². The molecule has 136 valence electrons. The van der Waals surface area contributed by atoms with Crippen molar-refractivity contribution in [1.29, 1.82) is 5.41 Å². The number of rotatable bonds is 5. The predicted molar refractivity (Wildman–Crippen MR) is 102 cm³/mol. The average molecular weight is 362 g/mol. The first kappa shape index (κ1) is 16.8. The van der Waals surface area contributed by atoms with Crippen molar-refractivity contribution >= 4 is 28.4 Å². The Morgan fingerprint density at radius 2 is 2.07 bits per heavy atom. The zero-order valence-corrected chi connectivity index (χ0v) is 14.5. The van der Waals surface area contributed by atoms with Crippen molar-refractivity contribution < 1.29 is 14.3 Å². The molecule has 0 saturated carbocycles. The number of hydrogen-bond acceptors (Lipinski definition) is 5. The van der Waals surface area contributed by atoms with E-state index in [-0.39, 0.29) is 18.5 Å². The number of hydrogen-bond donors (Lipinski definition) is 2. The summed E-state index contributed by atoms with van der Waals surface area (Å²) in [6, 6.07) is 14.6. The highest BCUT2D eigenvalue weighted by Crippen LogP contribution is 2.26. The Bertz CT molecular complexity index is 998. The molecule has 7 heteroatoms. The van der Waals surface area contributed by atoms with Crippen LogP contribution in [0.4, 0.5) is 10.5 Å². The molecule has 27 heavy (non-hydrogen) atoms. The zero-order valence-electron chi connectivity index (χ0n) is 14.5. The second-order valence-corrected chi connectivity index (χ2v) is 6.24. The van der Waals surface area contributed by atoms with Gasteiger partial charge in [0.1, 0.15) is 18.2 Å². The second-order valence-electron chi connectivity index (χ2n) is 6.24. The normalized spacial score (nSPS) is 16.4. The molecule has 7 nitrogen and oxygen atoms in total. The molecule has 2 heterocycles. The molecule has 1 aliphatic heterocycles. The van der Waals surface area contributed by atoms with Gasteiger partial charge in [-0.15, -0.1) is 0 Å². The molecular weight excluding hydrogens is 344 g/mol. The molecule has 4 rings (SSSR count). The summed E-state index contributed by atoms with van der Waals surface area (Å²) in [7, 11) is 0. The monoisotopic (exact) mass is 362 g/mol. The fraction of sp³-hybridized carbons (Fsp3) is 0.150. The quantitative estimate of drug-likeness (QED) is 0.537. The van der Waals surface area contributed by atoms with Crippen molar-refractivity contribution in [2.45, 2.75) is 6.10 Å². The van der Waals surface area contributed by atoms with Gasteiger partial charge in [-0.2, -0.15) is 0 Å². The van der Waals surface area contributed by atoms with Crippen LogP contribution < -0.4 is 15.4 Å². The van der Waals surface area contributed by atoms with E-state index in [0.29, 0.717) is 17.8 Å². The van der Waals surface area contributed by atoms with Gasteiger partial charge in [0.15, 0.2) is 6.10 Å². The minimum absolute atomic E-state index is 0.0119. The van der Waals surface area contributed by atoms with Gasteiger partial charge >= 0.3 is 6.09 Å². The summed E-state index contributed by atoms with van der Waals surface area (Å²) in [5, 5.41) is 9.39. The maximum absolute atomic E-state index is 12.2. The van der Waals surface area contributed by atoms with Crippen LogP contribution in [0.2, 0.25) is 0 Å². The van der Waals surface area contributed by atoms with E-state index in [0.717, 1.165) is 16.5 Å². The number of aromatic nitrogens is 1. The van der Waals surface area contributed by atoms with Crippen molar-refractivity contribution in [3.05, 3.63) is 66.5 Å². The molecule has 2 aromatic carbocycles. The highest BCUT2D eigenvalue weighted by molar-refractivity contribution is 5.96. The minimum atomic E-state index is -0.415. The first-order chi connectivity index (χ1) is 13.1. The summed E-state index contributed by atoms with van der Waals surface area (Å²) >= 11 is 0. The van der Waals surface area contributed by atoms with Crippen molar-refractivity contribution in [2.75, 3.05) is 18.1 Å². The van der Waals surface area contributed by atoms with Crippen LogP contribution in [0.3, 0.4) is 0 Å². The number of carbonyl (C=O) groups is 1. The van der Waals surface area contributed by atoms with Gasteiger partial charge in [0.05, 0.1) is 6.54 Å². The third-order valence-electron chi connectivity index (χ3n) is 4.43. The van der Waals surface area contributed by atoms with E-state index < -0.39 is 6.09 Å². The van der Waals surface area contributed by atoms with Crippen LogP contribution in [0, 0.1) is 5.41 Å². The number of cyclic esters (lactones) is 1. The van der Waals surface area contributed by atoms with Crippen LogP contribution >= 0.6 is 0 Å². The maximum atomic E-state index is 12.2. The number of nitrogens with zero attached hydrogens (tertiary/aromatic N) is 2. The van der Waals surface area contributed by atoms with E-state index in [4.69, 9.17) is 20.6 Å². The number of carbonyl (C=O) groups excluding carboxylic acids is 1. The van der Waals surface area contributed by atoms with E-state index in [9.17, 15) is 4.79 Å². The maximum Gasteiger partial charge on any atom is 0.414 e. The summed E-state index contributed by atoms with van der Waals surface area (Å²) in [4.78, 5) is 17.9. The van der Waals surface area contributed by atoms with E-state index in [1.54, 1.807) is 41.6 Å². The summed E-state index contributed by atoms with van der Waals surface area (Å²) in [6.45, 7) is 0.653. The standard InChI is InChI=1S/C20H18N4O3/c21-19(22)13-4-6-15(7-5-13)24-11-16(27-20(24)25)12-26-18-3-1-2-14-10-23-9-8-17(14)18/h1-10,16H,11-12H2,(H3,21,22). The van der Waals surface area contributed by atoms with Gasteiger partial charge in [-0.25, -0.2) is 4.79 Å². The van der Waals surface area contributed by atoms with Crippen molar-refractivity contribution in [1.82, 2.24) is 4.98 Å². The Balaban J connectivity index is 1.44. The smallest absolute Gasteiger partial charge is 0.414 e. The van der Waals surface area contributed by atoms with Gasteiger partial charge in [-0.3, -0.25) is 15.3 Å². The molecular formula is C20H18N4O3. The number of pyridine rings is 1. The van der Waals surface area contributed by atoms with E-state index >= 15 is 0 Å². The van der Waals surface area contributed by atoms with E-state index in [1.807, 2.05) is 24.3 Å². The van der Waals surface area contributed by atoms with Crippen LogP contribution in [0.5, 0.6) is 5.75 Å². The van der Waals surface area contributed by atoms with Crippen LogP contribution in [0.15, 0.2) is 60.9 Å². The largest absolute Gasteiger partial charge is 0.489 e. The number of fused-ring (bicyclic) bond motifs is 1. The van der Waals surface area contributed by atoms with Gasteiger partial charge in [0, 0.05) is 34.4 Å². The molecule has 1 atom stereocenters. The molecule has 0 bridgehead atoms. The molecule has 1 unspecified atom stereocenters. The Morgan fingerprint density at radius 3 is 2.85 bits per heavy atom. The number of benzene rings is 2. The lowest BCUT2D eigenvalue weighted by molar-refractivity contribution is 0.105. The molecule has 1 aliphatic rings. The van der Waals surface area contributed by atoms with Crippen molar-refractivity contribution in [2.24, 2.45) is 5.73 Å². The zero-order chi connectivity index (χ0) is 18.8. The van der Waals surface area contributed by atoms with Crippen LogP contribution in [0.25, 0.3) is 10.8 Å². The third-order valence-corrected chi connectivity index (χ3v) is 4.43. The molecule has 0 aliphatic carbocycles. The number of nitrogens with two attached hydrogens (primary N) is 1. The Hall–Kier alpha value is -3.61.